The van der Waals surface area contributed by atoms with Gasteiger partial charge in [0.25, 0.3) is 0 Å². The van der Waals surface area contributed by atoms with Gasteiger partial charge in [0.1, 0.15) is 0 Å². The molecule has 0 amide bonds. The highest BCUT2D eigenvalue weighted by Gasteiger charge is 1.93. The zero-order valence-electron chi connectivity index (χ0n) is 6.26. The van der Waals surface area contributed by atoms with Gasteiger partial charge in [-0.05, 0) is 31.7 Å². The van der Waals surface area contributed by atoms with E-state index in [4.69, 9.17) is 11.6 Å². The maximum atomic E-state index is 5.83. The molecule has 0 aliphatic heterocycles. The summed E-state index contributed by atoms with van der Waals surface area (Å²) in [6.45, 7) is 3.44. The van der Waals surface area contributed by atoms with Crippen LogP contribution in [0.1, 0.15) is 12.8 Å². The molecule has 0 saturated heterocycles. The van der Waals surface area contributed by atoms with Crippen LogP contribution in [-0.2, 0) is 0 Å². The Morgan fingerprint density at radius 3 is 3.00 bits per heavy atom. The van der Waals surface area contributed by atoms with Crippen molar-refractivity contribution in [2.24, 2.45) is 4.99 Å². The summed E-state index contributed by atoms with van der Waals surface area (Å²) in [7, 11) is 0. The molecule has 0 saturated carbocycles. The molecule has 1 nitrogen and oxygen atoms in total. The summed E-state index contributed by atoms with van der Waals surface area (Å²) in [4.78, 5) is 3.80. The highest BCUT2D eigenvalue weighted by Crippen LogP contribution is 2.14. The van der Waals surface area contributed by atoms with E-state index < -0.39 is 0 Å². The van der Waals surface area contributed by atoms with E-state index in [2.05, 4.69) is 17.8 Å². The third-order valence-corrected chi connectivity index (χ3v) is 1.69. The Bertz CT molecular complexity index is 236. The molecule has 0 fully saturated rings. The molecular formula is C9H10ClN. The minimum Gasteiger partial charge on any atom is -0.265 e. The average molecular weight is 168 g/mol. The third kappa shape index (κ3) is 2.72. The normalized spacial score (nSPS) is 17.9. The van der Waals surface area contributed by atoms with Crippen LogP contribution in [0.4, 0.5) is 0 Å². The Labute approximate surface area is 71.8 Å². The largest absolute Gasteiger partial charge is 0.265 e. The predicted molar refractivity (Wildman–Crippen MR) is 49.9 cm³/mol. The van der Waals surface area contributed by atoms with Gasteiger partial charge < -0.3 is 0 Å². The maximum absolute atomic E-state index is 5.83. The second-order valence-electron chi connectivity index (χ2n) is 2.30. The van der Waals surface area contributed by atoms with Crippen molar-refractivity contribution in [3.8, 4) is 0 Å². The highest BCUT2D eigenvalue weighted by atomic mass is 35.5. The number of halogens is 1. The van der Waals surface area contributed by atoms with Crippen LogP contribution in [0.15, 0.2) is 40.0 Å². The molecule has 0 unspecified atom stereocenters. The summed E-state index contributed by atoms with van der Waals surface area (Å²) in [5, 5.41) is 0.747. The first-order chi connectivity index (χ1) is 5.33. The Morgan fingerprint density at radius 1 is 1.45 bits per heavy atom. The number of hydrogen-bond acceptors (Lipinski definition) is 1. The van der Waals surface area contributed by atoms with Crippen molar-refractivity contribution in [1.82, 2.24) is 0 Å². The van der Waals surface area contributed by atoms with E-state index in [9.17, 15) is 0 Å². The molecular weight excluding hydrogens is 158 g/mol. The summed E-state index contributed by atoms with van der Waals surface area (Å²) in [6.07, 6.45) is 9.81. The van der Waals surface area contributed by atoms with Crippen LogP contribution < -0.4 is 0 Å². The van der Waals surface area contributed by atoms with Gasteiger partial charge in [-0.3, -0.25) is 4.99 Å². The number of allylic oxidation sites excluding steroid dienone is 5. The number of hydrogen-bond donors (Lipinski definition) is 0. The van der Waals surface area contributed by atoms with Gasteiger partial charge in [0.2, 0.25) is 0 Å². The summed E-state index contributed by atoms with van der Waals surface area (Å²) in [5.41, 5.74) is 0.825. The van der Waals surface area contributed by atoms with Crippen LogP contribution in [0, 0.1) is 0 Å². The highest BCUT2D eigenvalue weighted by molar-refractivity contribution is 6.31. The molecule has 1 aliphatic carbocycles. The van der Waals surface area contributed by atoms with E-state index in [1.165, 1.54) is 0 Å². The second-order valence-corrected chi connectivity index (χ2v) is 2.73. The summed E-state index contributed by atoms with van der Waals surface area (Å²) >= 11 is 5.83. The number of rotatable bonds is 1. The maximum Gasteiger partial charge on any atom is 0.0633 e. The molecule has 1 rings (SSSR count). The summed E-state index contributed by atoms with van der Waals surface area (Å²) < 4.78 is 0. The SMILES string of the molecule is C=NC1=CC(Cl)=CCCC=C1. The molecule has 1 aliphatic rings. The van der Waals surface area contributed by atoms with Gasteiger partial charge in [0.15, 0.2) is 0 Å². The van der Waals surface area contributed by atoms with Crippen molar-refractivity contribution >= 4 is 18.3 Å². The van der Waals surface area contributed by atoms with E-state index in [0.29, 0.717) is 0 Å². The Kier molecular flexibility index (Phi) is 3.12. The summed E-state index contributed by atoms with van der Waals surface area (Å²) in [5.74, 6) is 0. The molecule has 0 bridgehead atoms. The van der Waals surface area contributed by atoms with Crippen LogP contribution in [0.25, 0.3) is 0 Å². The molecule has 58 valence electrons. The van der Waals surface area contributed by atoms with Gasteiger partial charge >= 0.3 is 0 Å². The van der Waals surface area contributed by atoms with Gasteiger partial charge in [-0.25, -0.2) is 0 Å². The van der Waals surface area contributed by atoms with Gasteiger partial charge in [-0.1, -0.05) is 23.8 Å². The zero-order valence-corrected chi connectivity index (χ0v) is 7.01. The fraction of sp³-hybridized carbons (Fsp3) is 0.222. The van der Waals surface area contributed by atoms with E-state index >= 15 is 0 Å². The fourth-order valence-electron chi connectivity index (χ4n) is 0.868. The molecule has 0 atom stereocenters. The lowest BCUT2D eigenvalue weighted by Crippen LogP contribution is -1.78. The first kappa shape index (κ1) is 8.28. The van der Waals surface area contributed by atoms with Gasteiger partial charge in [-0.2, -0.15) is 0 Å². The monoisotopic (exact) mass is 167 g/mol. The zero-order chi connectivity index (χ0) is 8.10. The lowest BCUT2D eigenvalue weighted by atomic mass is 10.2. The van der Waals surface area contributed by atoms with Gasteiger partial charge in [0.05, 0.1) is 5.70 Å². The molecule has 0 aromatic rings. The molecule has 0 aromatic heterocycles. The Balaban J connectivity index is 2.87. The number of nitrogens with zero attached hydrogens (tertiary/aromatic N) is 1. The van der Waals surface area contributed by atoms with Crippen LogP contribution in [0.2, 0.25) is 0 Å². The fourth-order valence-corrected chi connectivity index (χ4v) is 1.09. The minimum atomic E-state index is 0.747. The Hall–Kier alpha value is -0.820. The van der Waals surface area contributed by atoms with Gasteiger partial charge in [-0.15, -0.1) is 0 Å². The van der Waals surface area contributed by atoms with Crippen molar-refractivity contribution in [3.05, 3.63) is 35.0 Å². The first-order valence-corrected chi connectivity index (χ1v) is 3.91. The lowest BCUT2D eigenvalue weighted by Gasteiger charge is -1.97. The van der Waals surface area contributed by atoms with E-state index in [1.54, 1.807) is 0 Å². The topological polar surface area (TPSA) is 12.4 Å². The van der Waals surface area contributed by atoms with E-state index in [1.807, 2.05) is 18.2 Å². The van der Waals surface area contributed by atoms with Crippen LogP contribution in [0.5, 0.6) is 0 Å². The van der Waals surface area contributed by atoms with Crippen molar-refractivity contribution in [1.29, 1.82) is 0 Å². The Morgan fingerprint density at radius 2 is 2.27 bits per heavy atom. The molecule has 11 heavy (non-hydrogen) atoms. The predicted octanol–water partition coefficient (Wildman–Crippen LogP) is 3.04. The van der Waals surface area contributed by atoms with Crippen LogP contribution in [0.3, 0.4) is 0 Å². The lowest BCUT2D eigenvalue weighted by molar-refractivity contribution is 1.04. The standard InChI is InChI=1S/C9H10ClN/c1-11-9-6-4-2-3-5-8(10)7-9/h4-7H,1-3H2. The van der Waals surface area contributed by atoms with Crippen molar-refractivity contribution < 1.29 is 0 Å². The van der Waals surface area contributed by atoms with Crippen LogP contribution >= 0.6 is 11.6 Å². The molecule has 0 aromatic carbocycles. The smallest absolute Gasteiger partial charge is 0.0633 e. The second kappa shape index (κ2) is 4.14. The van der Waals surface area contributed by atoms with Crippen LogP contribution in [-0.4, -0.2) is 6.72 Å². The molecule has 0 radical (unpaired) electrons. The average Bonchev–Trinajstić information content (AvgIpc) is 1.96. The first-order valence-electron chi connectivity index (χ1n) is 3.53. The summed E-state index contributed by atoms with van der Waals surface area (Å²) in [6, 6.07) is 0. The molecule has 0 spiro atoms. The quantitative estimate of drug-likeness (QED) is 0.533. The van der Waals surface area contributed by atoms with Crippen molar-refractivity contribution in [3.63, 3.8) is 0 Å². The van der Waals surface area contributed by atoms with E-state index in [-0.39, 0.29) is 0 Å². The molecule has 0 heterocycles. The molecule has 0 N–H and O–H groups in total. The molecule has 2 heteroatoms. The van der Waals surface area contributed by atoms with Crippen molar-refractivity contribution in [2.45, 2.75) is 12.8 Å². The van der Waals surface area contributed by atoms with E-state index in [0.717, 1.165) is 23.6 Å². The third-order valence-electron chi connectivity index (χ3n) is 1.43. The number of aliphatic imine (C=N–C) groups is 1. The van der Waals surface area contributed by atoms with Gasteiger partial charge in [0, 0.05) is 5.03 Å². The minimum absolute atomic E-state index is 0.747. The van der Waals surface area contributed by atoms with Crippen molar-refractivity contribution in [2.75, 3.05) is 0 Å².